The summed E-state index contributed by atoms with van der Waals surface area (Å²) < 4.78 is 16.7. The first-order valence-corrected chi connectivity index (χ1v) is 9.07. The minimum Gasteiger partial charge on any atom is -0.493 e. The molecular weight excluding hydrogens is 469 g/mol. The van der Waals surface area contributed by atoms with Crippen molar-refractivity contribution in [3.63, 3.8) is 0 Å². The number of para-hydroxylation sites is 1. The van der Waals surface area contributed by atoms with E-state index in [4.69, 9.17) is 14.2 Å². The highest BCUT2D eigenvalue weighted by molar-refractivity contribution is 14.0. The quantitative estimate of drug-likeness (QED) is 0.323. The van der Waals surface area contributed by atoms with Crippen LogP contribution in [-0.4, -0.2) is 51.8 Å². The van der Waals surface area contributed by atoms with Crippen molar-refractivity contribution in [2.45, 2.75) is 13.5 Å². The van der Waals surface area contributed by atoms with Crippen LogP contribution >= 0.6 is 24.0 Å². The summed E-state index contributed by atoms with van der Waals surface area (Å²) in [5.74, 6) is 3.16. The Balaban J connectivity index is 0.00000392. The van der Waals surface area contributed by atoms with Crippen molar-refractivity contribution in [2.75, 3.05) is 41.0 Å². The highest BCUT2D eigenvalue weighted by atomic mass is 127. The summed E-state index contributed by atoms with van der Waals surface area (Å²) in [6.45, 7) is 4.51. The molecule has 0 atom stereocenters. The van der Waals surface area contributed by atoms with Gasteiger partial charge in [0.25, 0.3) is 0 Å². The van der Waals surface area contributed by atoms with E-state index in [0.29, 0.717) is 19.8 Å². The van der Waals surface area contributed by atoms with Crippen LogP contribution in [0, 0.1) is 0 Å². The maximum absolute atomic E-state index is 5.75. The van der Waals surface area contributed by atoms with Gasteiger partial charge in [-0.25, -0.2) is 0 Å². The number of hydrogen-bond acceptors (Lipinski definition) is 4. The van der Waals surface area contributed by atoms with Gasteiger partial charge in [0, 0.05) is 20.6 Å². The standard InChI is InChI=1S/C21H29N3O3.HI/c1-5-26-19-12-11-17(15-20(19)25-4)16-23-21(22-2)24(3)13-14-27-18-9-7-6-8-10-18;/h6-12,15H,5,13-14,16H2,1-4H3,(H,22,23);1H. The lowest BCUT2D eigenvalue weighted by molar-refractivity contribution is 0.281. The maximum atomic E-state index is 5.75. The van der Waals surface area contributed by atoms with Crippen molar-refractivity contribution in [3.8, 4) is 17.2 Å². The summed E-state index contributed by atoms with van der Waals surface area (Å²) in [4.78, 5) is 6.37. The Labute approximate surface area is 184 Å². The Kier molecular flexibility index (Phi) is 11.2. The fraction of sp³-hybridized carbons (Fsp3) is 0.381. The van der Waals surface area contributed by atoms with Gasteiger partial charge in [0.05, 0.1) is 20.3 Å². The van der Waals surface area contributed by atoms with Gasteiger partial charge in [-0.2, -0.15) is 0 Å². The first-order chi connectivity index (χ1) is 13.2. The zero-order valence-corrected chi connectivity index (χ0v) is 19.3. The number of hydrogen-bond donors (Lipinski definition) is 1. The molecule has 0 fully saturated rings. The van der Waals surface area contributed by atoms with Gasteiger partial charge >= 0.3 is 0 Å². The van der Waals surface area contributed by atoms with Crippen LogP contribution in [0.4, 0.5) is 0 Å². The molecule has 0 aromatic heterocycles. The van der Waals surface area contributed by atoms with Gasteiger partial charge in [-0.05, 0) is 36.8 Å². The second-order valence-electron chi connectivity index (χ2n) is 5.90. The summed E-state index contributed by atoms with van der Waals surface area (Å²) >= 11 is 0. The second kappa shape index (κ2) is 13.1. The average Bonchev–Trinajstić information content (AvgIpc) is 2.70. The third-order valence-electron chi connectivity index (χ3n) is 3.99. The number of rotatable bonds is 9. The fourth-order valence-corrected chi connectivity index (χ4v) is 2.59. The molecule has 2 aromatic rings. The molecule has 1 N–H and O–H groups in total. The Morgan fingerprint density at radius 2 is 1.82 bits per heavy atom. The van der Waals surface area contributed by atoms with Gasteiger partial charge in [-0.15, -0.1) is 24.0 Å². The number of methoxy groups -OCH3 is 1. The fourth-order valence-electron chi connectivity index (χ4n) is 2.59. The van der Waals surface area contributed by atoms with Crippen LogP contribution in [0.2, 0.25) is 0 Å². The average molecular weight is 499 g/mol. The van der Waals surface area contributed by atoms with Crippen LogP contribution in [0.1, 0.15) is 12.5 Å². The Morgan fingerprint density at radius 1 is 1.07 bits per heavy atom. The molecule has 2 aromatic carbocycles. The molecule has 7 heteroatoms. The lowest BCUT2D eigenvalue weighted by Crippen LogP contribution is -2.40. The van der Waals surface area contributed by atoms with Gasteiger partial charge in [0.1, 0.15) is 12.4 Å². The summed E-state index contributed by atoms with van der Waals surface area (Å²) in [5, 5.41) is 3.36. The lowest BCUT2D eigenvalue weighted by atomic mass is 10.2. The highest BCUT2D eigenvalue weighted by Gasteiger charge is 2.08. The van der Waals surface area contributed by atoms with Gasteiger partial charge in [0.15, 0.2) is 17.5 Å². The predicted molar refractivity (Wildman–Crippen MR) is 124 cm³/mol. The zero-order chi connectivity index (χ0) is 19.5. The number of halogens is 1. The van der Waals surface area contributed by atoms with Gasteiger partial charge in [-0.1, -0.05) is 24.3 Å². The largest absolute Gasteiger partial charge is 0.493 e. The monoisotopic (exact) mass is 499 g/mol. The molecule has 0 spiro atoms. The van der Waals surface area contributed by atoms with E-state index in [1.807, 2.05) is 67.4 Å². The molecule has 2 rings (SSSR count). The van der Waals surface area contributed by atoms with Crippen molar-refractivity contribution in [2.24, 2.45) is 4.99 Å². The summed E-state index contributed by atoms with van der Waals surface area (Å²) in [5.41, 5.74) is 1.09. The Bertz CT molecular complexity index is 726. The molecular formula is C21H30IN3O3. The number of nitrogens with zero attached hydrogens (tertiary/aromatic N) is 2. The van der Waals surface area contributed by atoms with E-state index in [0.717, 1.165) is 35.3 Å². The Morgan fingerprint density at radius 3 is 2.46 bits per heavy atom. The number of ether oxygens (including phenoxy) is 3. The van der Waals surface area contributed by atoms with E-state index in [1.165, 1.54) is 0 Å². The van der Waals surface area contributed by atoms with Crippen LogP contribution in [-0.2, 0) is 6.54 Å². The summed E-state index contributed by atoms with van der Waals surface area (Å²) in [6, 6.07) is 15.7. The minimum atomic E-state index is 0. The van der Waals surface area contributed by atoms with Gasteiger partial charge < -0.3 is 24.4 Å². The summed E-state index contributed by atoms with van der Waals surface area (Å²) in [7, 11) is 5.41. The molecule has 28 heavy (non-hydrogen) atoms. The van der Waals surface area contributed by atoms with E-state index in [1.54, 1.807) is 14.2 Å². The molecule has 0 saturated heterocycles. The van der Waals surface area contributed by atoms with E-state index in [9.17, 15) is 0 Å². The first-order valence-electron chi connectivity index (χ1n) is 9.07. The molecule has 0 bridgehead atoms. The van der Waals surface area contributed by atoms with Crippen LogP contribution in [0.5, 0.6) is 17.2 Å². The lowest BCUT2D eigenvalue weighted by Gasteiger charge is -2.22. The smallest absolute Gasteiger partial charge is 0.193 e. The second-order valence-corrected chi connectivity index (χ2v) is 5.90. The number of likely N-dealkylation sites (N-methyl/N-ethyl adjacent to an activating group) is 1. The van der Waals surface area contributed by atoms with Crippen LogP contribution in [0.25, 0.3) is 0 Å². The van der Waals surface area contributed by atoms with Crippen molar-refractivity contribution < 1.29 is 14.2 Å². The number of aliphatic imine (C=N–C) groups is 1. The van der Waals surface area contributed by atoms with Crippen molar-refractivity contribution in [1.29, 1.82) is 0 Å². The molecule has 154 valence electrons. The molecule has 0 amide bonds. The Hall–Kier alpha value is -2.16. The molecule has 0 saturated carbocycles. The molecule has 0 unspecified atom stereocenters. The number of benzene rings is 2. The van der Waals surface area contributed by atoms with Crippen LogP contribution < -0.4 is 19.5 Å². The van der Waals surface area contributed by atoms with Crippen LogP contribution in [0.15, 0.2) is 53.5 Å². The van der Waals surface area contributed by atoms with Crippen molar-refractivity contribution in [3.05, 3.63) is 54.1 Å². The molecule has 0 heterocycles. The van der Waals surface area contributed by atoms with Gasteiger partial charge in [-0.3, -0.25) is 4.99 Å². The third kappa shape index (κ3) is 7.46. The van der Waals surface area contributed by atoms with Gasteiger partial charge in [0.2, 0.25) is 0 Å². The van der Waals surface area contributed by atoms with E-state index in [2.05, 4.69) is 10.3 Å². The van der Waals surface area contributed by atoms with Crippen molar-refractivity contribution >= 4 is 29.9 Å². The number of guanidine groups is 1. The zero-order valence-electron chi connectivity index (χ0n) is 17.0. The topological polar surface area (TPSA) is 55.3 Å². The highest BCUT2D eigenvalue weighted by Crippen LogP contribution is 2.27. The van der Waals surface area contributed by atoms with Crippen LogP contribution in [0.3, 0.4) is 0 Å². The number of nitrogens with one attached hydrogen (secondary N) is 1. The molecule has 0 radical (unpaired) electrons. The first kappa shape index (κ1) is 23.9. The molecule has 6 nitrogen and oxygen atoms in total. The van der Waals surface area contributed by atoms with Crippen molar-refractivity contribution in [1.82, 2.24) is 10.2 Å². The molecule has 0 aliphatic rings. The van der Waals surface area contributed by atoms with E-state index >= 15 is 0 Å². The molecule has 0 aliphatic carbocycles. The maximum Gasteiger partial charge on any atom is 0.193 e. The molecule has 0 aliphatic heterocycles. The van der Waals surface area contributed by atoms with E-state index < -0.39 is 0 Å². The predicted octanol–water partition coefficient (Wildman–Crippen LogP) is 3.80. The van der Waals surface area contributed by atoms with E-state index in [-0.39, 0.29) is 24.0 Å². The minimum absolute atomic E-state index is 0. The SMILES string of the molecule is CCOc1ccc(CNC(=NC)N(C)CCOc2ccccc2)cc1OC.I. The third-order valence-corrected chi connectivity index (χ3v) is 3.99. The normalized spacial score (nSPS) is 10.6. The summed E-state index contributed by atoms with van der Waals surface area (Å²) in [6.07, 6.45) is 0.